The van der Waals surface area contributed by atoms with Crippen molar-refractivity contribution in [2.75, 3.05) is 13.1 Å². The second kappa shape index (κ2) is 8.52. The normalized spacial score (nSPS) is 18.0. The topological polar surface area (TPSA) is 65.5 Å². The molecule has 0 atom stereocenters. The number of hydrogen-bond donors (Lipinski definition) is 1. The van der Waals surface area contributed by atoms with Crippen LogP contribution in [0.3, 0.4) is 0 Å². The average molecular weight is 358 g/mol. The van der Waals surface area contributed by atoms with Crippen molar-refractivity contribution in [1.29, 1.82) is 0 Å². The second-order valence-electron chi connectivity index (χ2n) is 7.92. The smallest absolute Gasteiger partial charge is 0.318 e. The monoisotopic (exact) mass is 358 g/mol. The zero-order valence-electron chi connectivity index (χ0n) is 15.9. The van der Waals surface area contributed by atoms with Crippen molar-refractivity contribution in [1.82, 2.24) is 20.1 Å². The fraction of sp³-hybridized carbons (Fsp3) is 0.650. The van der Waals surface area contributed by atoms with Gasteiger partial charge in [0, 0.05) is 50.5 Å². The van der Waals surface area contributed by atoms with Crippen LogP contribution in [0.25, 0.3) is 0 Å². The molecule has 1 N–H and O–H groups in total. The van der Waals surface area contributed by atoms with Crippen molar-refractivity contribution >= 4 is 11.9 Å². The lowest BCUT2D eigenvalue weighted by atomic mass is 10.0. The molecule has 142 valence electrons. The summed E-state index contributed by atoms with van der Waals surface area (Å²) in [7, 11) is 0. The van der Waals surface area contributed by atoms with Gasteiger partial charge in [-0.1, -0.05) is 19.9 Å². The van der Waals surface area contributed by atoms with Crippen LogP contribution in [0.15, 0.2) is 24.5 Å². The molecule has 0 spiro atoms. The third kappa shape index (κ3) is 5.19. The molecule has 2 heterocycles. The van der Waals surface area contributed by atoms with E-state index in [1.807, 2.05) is 28.1 Å². The van der Waals surface area contributed by atoms with Crippen LogP contribution in [0.4, 0.5) is 4.79 Å². The number of urea groups is 1. The van der Waals surface area contributed by atoms with Crippen LogP contribution < -0.4 is 5.32 Å². The average Bonchev–Trinajstić information content (AvgIpc) is 3.45. The van der Waals surface area contributed by atoms with Crippen molar-refractivity contribution in [2.45, 2.75) is 64.6 Å². The Morgan fingerprint density at radius 2 is 2.00 bits per heavy atom. The number of likely N-dealkylation sites (tertiary alicyclic amines) is 1. The molecule has 1 aromatic heterocycles. The van der Waals surface area contributed by atoms with Crippen LogP contribution in [-0.4, -0.2) is 51.9 Å². The predicted octanol–water partition coefficient (Wildman–Crippen LogP) is 2.79. The first-order chi connectivity index (χ1) is 12.5. The van der Waals surface area contributed by atoms with Crippen molar-refractivity contribution in [3.63, 3.8) is 0 Å². The molecule has 2 fully saturated rings. The van der Waals surface area contributed by atoms with Gasteiger partial charge in [0.25, 0.3) is 0 Å². The molecular weight excluding hydrogens is 328 g/mol. The molecule has 1 aliphatic heterocycles. The van der Waals surface area contributed by atoms with Crippen LogP contribution in [0, 0.1) is 5.92 Å². The summed E-state index contributed by atoms with van der Waals surface area (Å²) in [4.78, 5) is 33.0. The molecule has 6 nitrogen and oxygen atoms in total. The van der Waals surface area contributed by atoms with E-state index in [-0.39, 0.29) is 18.0 Å². The van der Waals surface area contributed by atoms with E-state index >= 15 is 0 Å². The van der Waals surface area contributed by atoms with Crippen LogP contribution in [0.1, 0.15) is 51.5 Å². The van der Waals surface area contributed by atoms with Gasteiger partial charge in [0.2, 0.25) is 5.91 Å². The Labute approximate surface area is 156 Å². The van der Waals surface area contributed by atoms with E-state index in [1.54, 1.807) is 6.20 Å². The maximum Gasteiger partial charge on any atom is 0.318 e. The Morgan fingerprint density at radius 3 is 2.58 bits per heavy atom. The number of nitrogens with one attached hydrogen (secondary N) is 1. The number of amides is 3. The summed E-state index contributed by atoms with van der Waals surface area (Å²) in [6, 6.07) is 4.43. The van der Waals surface area contributed by atoms with Gasteiger partial charge in [-0.3, -0.25) is 9.78 Å². The standard InChI is InChI=1S/C20H30N4O2/c1-15(2)12-19(25)23-10-7-17(8-11-23)22-20(26)24(18-5-6-18)14-16-4-3-9-21-13-16/h3-4,9,13,15,17-18H,5-8,10-12,14H2,1-2H3,(H,22,26). The molecule has 6 heteroatoms. The van der Waals surface area contributed by atoms with E-state index in [4.69, 9.17) is 0 Å². The van der Waals surface area contributed by atoms with Crippen LogP contribution in [0.5, 0.6) is 0 Å². The molecule has 0 aromatic carbocycles. The highest BCUT2D eigenvalue weighted by Gasteiger charge is 2.34. The molecule has 2 aliphatic rings. The van der Waals surface area contributed by atoms with E-state index in [0.717, 1.165) is 44.3 Å². The lowest BCUT2D eigenvalue weighted by Gasteiger charge is -2.34. The molecule has 1 aliphatic carbocycles. The van der Waals surface area contributed by atoms with E-state index in [0.29, 0.717) is 24.9 Å². The van der Waals surface area contributed by atoms with Gasteiger partial charge in [-0.15, -0.1) is 0 Å². The van der Waals surface area contributed by atoms with E-state index < -0.39 is 0 Å². The maximum atomic E-state index is 12.8. The summed E-state index contributed by atoms with van der Waals surface area (Å²) >= 11 is 0. The number of nitrogens with zero attached hydrogens (tertiary/aromatic N) is 3. The molecule has 1 saturated heterocycles. The minimum absolute atomic E-state index is 0.0170. The number of aromatic nitrogens is 1. The zero-order valence-corrected chi connectivity index (χ0v) is 15.9. The number of piperidine rings is 1. The highest BCUT2D eigenvalue weighted by molar-refractivity contribution is 5.77. The second-order valence-corrected chi connectivity index (χ2v) is 7.92. The van der Waals surface area contributed by atoms with Crippen LogP contribution >= 0.6 is 0 Å². The molecule has 3 amide bonds. The van der Waals surface area contributed by atoms with Gasteiger partial charge in [0.05, 0.1) is 0 Å². The number of hydrogen-bond acceptors (Lipinski definition) is 3. The third-order valence-electron chi connectivity index (χ3n) is 5.08. The van der Waals surface area contributed by atoms with Gasteiger partial charge in [-0.2, -0.15) is 0 Å². The summed E-state index contributed by atoms with van der Waals surface area (Å²) in [5, 5.41) is 3.19. The Morgan fingerprint density at radius 1 is 1.27 bits per heavy atom. The SMILES string of the molecule is CC(C)CC(=O)N1CCC(NC(=O)N(Cc2cccnc2)C2CC2)CC1. The molecular formula is C20H30N4O2. The molecule has 26 heavy (non-hydrogen) atoms. The molecule has 0 radical (unpaired) electrons. The van der Waals surface area contributed by atoms with Gasteiger partial charge in [0.15, 0.2) is 0 Å². The number of pyridine rings is 1. The van der Waals surface area contributed by atoms with E-state index in [9.17, 15) is 9.59 Å². The van der Waals surface area contributed by atoms with Gasteiger partial charge in [0.1, 0.15) is 0 Å². The third-order valence-corrected chi connectivity index (χ3v) is 5.08. The van der Waals surface area contributed by atoms with Gasteiger partial charge in [-0.05, 0) is 43.2 Å². The lowest BCUT2D eigenvalue weighted by Crippen LogP contribution is -2.50. The van der Waals surface area contributed by atoms with Crippen molar-refractivity contribution in [2.24, 2.45) is 5.92 Å². The molecule has 1 saturated carbocycles. The molecule has 3 rings (SSSR count). The Hall–Kier alpha value is -2.11. The van der Waals surface area contributed by atoms with Crippen molar-refractivity contribution in [3.8, 4) is 0 Å². The number of carbonyl (C=O) groups is 2. The minimum Gasteiger partial charge on any atom is -0.343 e. The minimum atomic E-state index is 0.0170. The Bertz CT molecular complexity index is 607. The summed E-state index contributed by atoms with van der Waals surface area (Å²) in [5.74, 6) is 0.625. The predicted molar refractivity (Wildman–Crippen MR) is 100 cm³/mol. The van der Waals surface area contributed by atoms with E-state index in [2.05, 4.69) is 24.1 Å². The first kappa shape index (κ1) is 18.7. The zero-order chi connectivity index (χ0) is 18.5. The van der Waals surface area contributed by atoms with Gasteiger partial charge >= 0.3 is 6.03 Å². The molecule has 1 aromatic rings. The first-order valence-corrected chi connectivity index (χ1v) is 9.76. The summed E-state index contributed by atoms with van der Waals surface area (Å²) in [5.41, 5.74) is 1.06. The number of rotatable bonds is 6. The summed E-state index contributed by atoms with van der Waals surface area (Å²) in [6.45, 7) is 6.22. The fourth-order valence-electron chi connectivity index (χ4n) is 3.45. The lowest BCUT2D eigenvalue weighted by molar-refractivity contribution is -0.133. The van der Waals surface area contributed by atoms with Crippen LogP contribution in [-0.2, 0) is 11.3 Å². The van der Waals surface area contributed by atoms with Crippen LogP contribution in [0.2, 0.25) is 0 Å². The van der Waals surface area contributed by atoms with Gasteiger partial charge < -0.3 is 15.1 Å². The number of carbonyl (C=O) groups excluding carboxylic acids is 2. The van der Waals surface area contributed by atoms with Crippen molar-refractivity contribution in [3.05, 3.63) is 30.1 Å². The van der Waals surface area contributed by atoms with E-state index in [1.165, 1.54) is 0 Å². The summed E-state index contributed by atoms with van der Waals surface area (Å²) < 4.78 is 0. The Kier molecular flexibility index (Phi) is 6.12. The summed E-state index contributed by atoms with van der Waals surface area (Å²) in [6.07, 6.45) is 8.01. The Balaban J connectivity index is 1.49. The highest BCUT2D eigenvalue weighted by Crippen LogP contribution is 2.28. The first-order valence-electron chi connectivity index (χ1n) is 9.76. The molecule has 0 bridgehead atoms. The van der Waals surface area contributed by atoms with Gasteiger partial charge in [-0.25, -0.2) is 4.79 Å². The quantitative estimate of drug-likeness (QED) is 0.850. The molecule has 0 unspecified atom stereocenters. The largest absolute Gasteiger partial charge is 0.343 e. The van der Waals surface area contributed by atoms with Crippen molar-refractivity contribution < 1.29 is 9.59 Å². The highest BCUT2D eigenvalue weighted by atomic mass is 16.2. The maximum absolute atomic E-state index is 12.8. The fourth-order valence-corrected chi connectivity index (χ4v) is 3.45.